The van der Waals surface area contributed by atoms with Crippen molar-refractivity contribution in [1.29, 1.82) is 0 Å². The summed E-state index contributed by atoms with van der Waals surface area (Å²) in [6, 6.07) is 3.75. The van der Waals surface area contributed by atoms with Crippen LogP contribution < -0.4 is 5.32 Å². The molecule has 1 saturated carbocycles. The van der Waals surface area contributed by atoms with Crippen LogP contribution in [0.1, 0.15) is 50.6 Å². The summed E-state index contributed by atoms with van der Waals surface area (Å²) in [4.78, 5) is 0. The van der Waals surface area contributed by atoms with Gasteiger partial charge in [-0.2, -0.15) is 11.8 Å². The maximum absolute atomic E-state index is 13.8. The molecule has 1 atom stereocenters. The highest BCUT2D eigenvalue weighted by Crippen LogP contribution is 2.38. The molecule has 1 aliphatic rings. The molecule has 0 aliphatic heterocycles. The molecule has 1 aromatic rings. The van der Waals surface area contributed by atoms with Crippen molar-refractivity contribution >= 4 is 11.8 Å². The fraction of sp³-hybridized carbons (Fsp3) is 0.625. The van der Waals surface area contributed by atoms with Gasteiger partial charge in [-0.3, -0.25) is 0 Å². The second-order valence-electron chi connectivity index (χ2n) is 5.69. The molecular formula is C16H23F2NS. The monoisotopic (exact) mass is 299 g/mol. The molecule has 4 heteroatoms. The third-order valence-electron chi connectivity index (χ3n) is 4.36. The van der Waals surface area contributed by atoms with E-state index in [0.717, 1.165) is 6.54 Å². The maximum Gasteiger partial charge on any atom is 0.130 e. The Morgan fingerprint density at radius 3 is 2.35 bits per heavy atom. The van der Waals surface area contributed by atoms with E-state index >= 15 is 0 Å². The van der Waals surface area contributed by atoms with Crippen LogP contribution >= 0.6 is 11.8 Å². The molecule has 20 heavy (non-hydrogen) atoms. The Morgan fingerprint density at radius 2 is 1.80 bits per heavy atom. The van der Waals surface area contributed by atoms with Crippen molar-refractivity contribution in [1.82, 2.24) is 5.32 Å². The summed E-state index contributed by atoms with van der Waals surface area (Å²) in [5, 5.41) is 3.34. The van der Waals surface area contributed by atoms with E-state index in [9.17, 15) is 8.78 Å². The molecule has 2 rings (SSSR count). The molecule has 0 amide bonds. The van der Waals surface area contributed by atoms with Crippen LogP contribution in [-0.2, 0) is 0 Å². The number of benzene rings is 1. The lowest BCUT2D eigenvalue weighted by Gasteiger charge is -2.37. The summed E-state index contributed by atoms with van der Waals surface area (Å²) in [6.07, 6.45) is 8.33. The van der Waals surface area contributed by atoms with Crippen molar-refractivity contribution in [2.24, 2.45) is 0 Å². The van der Waals surface area contributed by atoms with E-state index in [2.05, 4.69) is 11.6 Å². The first-order chi connectivity index (χ1) is 9.58. The van der Waals surface area contributed by atoms with Gasteiger partial charge < -0.3 is 5.32 Å². The van der Waals surface area contributed by atoms with Gasteiger partial charge in [-0.25, -0.2) is 8.78 Å². The third kappa shape index (κ3) is 3.53. The average Bonchev–Trinajstić information content (AvgIpc) is 2.46. The molecule has 0 bridgehead atoms. The smallest absolute Gasteiger partial charge is 0.130 e. The molecule has 0 radical (unpaired) electrons. The lowest BCUT2D eigenvalue weighted by Crippen LogP contribution is -2.40. The van der Waals surface area contributed by atoms with E-state index in [1.54, 1.807) is 0 Å². The zero-order valence-corrected chi connectivity index (χ0v) is 13.0. The number of halogens is 2. The highest BCUT2D eigenvalue weighted by atomic mass is 32.2. The van der Waals surface area contributed by atoms with Crippen LogP contribution in [0.15, 0.2) is 18.2 Å². The zero-order valence-electron chi connectivity index (χ0n) is 12.2. The molecule has 0 spiro atoms. The highest BCUT2D eigenvalue weighted by molar-refractivity contribution is 8.00. The first kappa shape index (κ1) is 15.8. The van der Waals surface area contributed by atoms with Crippen molar-refractivity contribution < 1.29 is 8.78 Å². The van der Waals surface area contributed by atoms with Crippen LogP contribution in [-0.4, -0.2) is 17.5 Å². The van der Waals surface area contributed by atoms with Crippen LogP contribution in [0.3, 0.4) is 0 Å². The molecule has 0 saturated heterocycles. The Balaban J connectivity index is 2.02. The zero-order chi connectivity index (χ0) is 14.6. The summed E-state index contributed by atoms with van der Waals surface area (Å²) in [6.45, 7) is 2.64. The second-order valence-corrected chi connectivity index (χ2v) is 6.96. The van der Waals surface area contributed by atoms with Gasteiger partial charge in [0.25, 0.3) is 0 Å². The number of nitrogens with one attached hydrogen (secondary N) is 1. The maximum atomic E-state index is 13.8. The topological polar surface area (TPSA) is 12.0 Å². The first-order valence-electron chi connectivity index (χ1n) is 7.30. The molecule has 1 unspecified atom stereocenters. The number of hydrogen-bond acceptors (Lipinski definition) is 2. The summed E-state index contributed by atoms with van der Waals surface area (Å²) in [7, 11) is 0. The van der Waals surface area contributed by atoms with Crippen LogP contribution in [0.2, 0.25) is 0 Å². The van der Waals surface area contributed by atoms with Gasteiger partial charge in [-0.15, -0.1) is 0 Å². The van der Waals surface area contributed by atoms with Crippen LogP contribution in [0.4, 0.5) is 8.78 Å². The van der Waals surface area contributed by atoms with Gasteiger partial charge in [0.05, 0.1) is 0 Å². The van der Waals surface area contributed by atoms with Crippen LogP contribution in [0, 0.1) is 11.6 Å². The lowest BCUT2D eigenvalue weighted by molar-refractivity contribution is 0.362. The minimum atomic E-state index is -0.466. The lowest BCUT2D eigenvalue weighted by atomic mass is 9.88. The SMILES string of the molecule is CSC1(CNC(C)c2c(F)cccc2F)CCCCC1. The third-order valence-corrected chi connectivity index (χ3v) is 5.78. The van der Waals surface area contributed by atoms with Crippen LogP contribution in [0.25, 0.3) is 0 Å². The molecule has 1 nitrogen and oxygen atoms in total. The normalized spacial score (nSPS) is 19.8. The van der Waals surface area contributed by atoms with Crippen molar-refractivity contribution in [3.05, 3.63) is 35.4 Å². The fourth-order valence-electron chi connectivity index (χ4n) is 3.01. The summed E-state index contributed by atoms with van der Waals surface area (Å²) in [5.41, 5.74) is 0.152. The van der Waals surface area contributed by atoms with Crippen molar-refractivity contribution in [3.8, 4) is 0 Å². The predicted octanol–water partition coefficient (Wildman–Crippen LogP) is 4.68. The number of rotatable bonds is 5. The molecule has 1 aromatic carbocycles. The first-order valence-corrected chi connectivity index (χ1v) is 8.53. The van der Waals surface area contributed by atoms with E-state index in [4.69, 9.17) is 0 Å². The second kappa shape index (κ2) is 6.90. The van der Waals surface area contributed by atoms with E-state index in [-0.39, 0.29) is 16.4 Å². The molecule has 0 aromatic heterocycles. The van der Waals surface area contributed by atoms with Gasteiger partial charge in [0.2, 0.25) is 0 Å². The van der Waals surface area contributed by atoms with Crippen molar-refractivity contribution in [2.75, 3.05) is 12.8 Å². The van der Waals surface area contributed by atoms with Crippen LogP contribution in [0.5, 0.6) is 0 Å². The largest absolute Gasteiger partial charge is 0.309 e. The van der Waals surface area contributed by atoms with E-state index in [1.165, 1.54) is 50.3 Å². The molecular weight excluding hydrogens is 276 g/mol. The molecule has 1 aliphatic carbocycles. The Kier molecular flexibility index (Phi) is 5.44. The standard InChI is InChI=1S/C16H23F2NS/c1-12(15-13(17)7-6-8-14(15)18)19-11-16(20-2)9-4-3-5-10-16/h6-8,12,19H,3-5,9-11H2,1-2H3. The van der Waals surface area contributed by atoms with Gasteiger partial charge in [0.15, 0.2) is 0 Å². The Bertz CT molecular complexity index is 424. The molecule has 1 fully saturated rings. The fourth-order valence-corrected chi connectivity index (χ4v) is 3.94. The number of hydrogen-bond donors (Lipinski definition) is 1. The van der Waals surface area contributed by atoms with E-state index < -0.39 is 11.6 Å². The van der Waals surface area contributed by atoms with E-state index in [0.29, 0.717) is 0 Å². The summed E-state index contributed by atoms with van der Waals surface area (Å²) >= 11 is 1.89. The van der Waals surface area contributed by atoms with E-state index in [1.807, 2.05) is 18.7 Å². The van der Waals surface area contributed by atoms with Gasteiger partial charge in [-0.1, -0.05) is 25.3 Å². The summed E-state index contributed by atoms with van der Waals surface area (Å²) in [5.74, 6) is -0.932. The van der Waals surface area contributed by atoms with Gasteiger partial charge in [0, 0.05) is 22.9 Å². The Hall–Kier alpha value is -0.610. The minimum absolute atomic E-state index is 0.152. The Labute approximate surface area is 124 Å². The quantitative estimate of drug-likeness (QED) is 0.847. The predicted molar refractivity (Wildman–Crippen MR) is 82.1 cm³/mol. The van der Waals surface area contributed by atoms with Crippen molar-refractivity contribution in [3.63, 3.8) is 0 Å². The van der Waals surface area contributed by atoms with Gasteiger partial charge in [-0.05, 0) is 38.2 Å². The van der Waals surface area contributed by atoms with Gasteiger partial charge >= 0.3 is 0 Å². The minimum Gasteiger partial charge on any atom is -0.309 e. The molecule has 0 heterocycles. The summed E-state index contributed by atoms with van der Waals surface area (Å²) < 4.78 is 27.7. The van der Waals surface area contributed by atoms with Gasteiger partial charge in [0.1, 0.15) is 11.6 Å². The average molecular weight is 299 g/mol. The number of thioether (sulfide) groups is 1. The highest BCUT2D eigenvalue weighted by Gasteiger charge is 2.31. The molecule has 112 valence electrons. The molecule has 1 N–H and O–H groups in total. The Morgan fingerprint density at radius 1 is 1.20 bits per heavy atom. The van der Waals surface area contributed by atoms with Crippen molar-refractivity contribution in [2.45, 2.75) is 49.8 Å².